The molecule has 0 aliphatic carbocycles. The molecule has 2 aromatic carbocycles. The molecule has 0 unspecified atom stereocenters. The molecule has 2 rings (SSSR count). The minimum Gasteiger partial charge on any atom is -0.357 e. The zero-order valence-electron chi connectivity index (χ0n) is 16.8. The van der Waals surface area contributed by atoms with Crippen molar-refractivity contribution in [1.82, 2.24) is 14.5 Å². The highest BCUT2D eigenvalue weighted by molar-refractivity contribution is 7.89. The number of hydrogen-bond acceptors (Lipinski definition) is 4. The molecule has 0 aromatic heterocycles. The third-order valence-electron chi connectivity index (χ3n) is 4.59. The first kappa shape index (κ1) is 24.1. The molecule has 1 N–H and O–H groups in total. The third kappa shape index (κ3) is 5.72. The number of nitrogens with one attached hydrogen (secondary N) is 1. The monoisotopic (exact) mass is 471 g/mol. The van der Waals surface area contributed by atoms with Crippen molar-refractivity contribution >= 4 is 45.0 Å². The van der Waals surface area contributed by atoms with Crippen LogP contribution >= 0.6 is 23.2 Å². The smallest absolute Gasteiger partial charge is 0.243 e. The summed E-state index contributed by atoms with van der Waals surface area (Å²) >= 11 is 12.0. The highest BCUT2D eigenvalue weighted by atomic mass is 35.5. The molecule has 0 saturated heterocycles. The van der Waals surface area contributed by atoms with Crippen LogP contribution in [-0.4, -0.2) is 56.1 Å². The molecule has 0 fully saturated rings. The maximum atomic E-state index is 13.0. The van der Waals surface area contributed by atoms with Crippen LogP contribution in [-0.2, 0) is 26.2 Å². The first-order chi connectivity index (χ1) is 14.1. The van der Waals surface area contributed by atoms with Crippen LogP contribution in [0.4, 0.5) is 0 Å². The van der Waals surface area contributed by atoms with Crippen molar-refractivity contribution in [1.29, 1.82) is 0 Å². The van der Waals surface area contributed by atoms with Crippen LogP contribution in [0.5, 0.6) is 0 Å². The lowest BCUT2D eigenvalue weighted by molar-refractivity contribution is -0.140. The highest BCUT2D eigenvalue weighted by Gasteiger charge is 2.30. The van der Waals surface area contributed by atoms with E-state index in [1.165, 1.54) is 43.3 Å². The summed E-state index contributed by atoms with van der Waals surface area (Å²) in [7, 11) is -1.14. The molecule has 2 aromatic rings. The van der Waals surface area contributed by atoms with Crippen molar-refractivity contribution in [2.75, 3.05) is 20.6 Å². The second-order valence-corrected chi connectivity index (χ2v) is 9.51. The SMILES string of the molecule is CNC(=O)[C@H](C)N(Cc1ccccc1Cl)C(=O)CN(C)S(=O)(=O)c1ccc(Cl)cc1. The van der Waals surface area contributed by atoms with Crippen LogP contribution in [0, 0.1) is 0 Å². The molecule has 0 spiro atoms. The van der Waals surface area contributed by atoms with Gasteiger partial charge in [-0.2, -0.15) is 4.31 Å². The van der Waals surface area contributed by atoms with Crippen molar-refractivity contribution in [2.24, 2.45) is 0 Å². The molecule has 0 saturated carbocycles. The Morgan fingerprint density at radius 1 is 1.07 bits per heavy atom. The Morgan fingerprint density at radius 3 is 2.23 bits per heavy atom. The summed E-state index contributed by atoms with van der Waals surface area (Å²) in [5.41, 5.74) is 0.645. The van der Waals surface area contributed by atoms with Gasteiger partial charge >= 0.3 is 0 Å². The van der Waals surface area contributed by atoms with Gasteiger partial charge in [-0.05, 0) is 42.8 Å². The summed E-state index contributed by atoms with van der Waals surface area (Å²) in [6.45, 7) is 1.18. The maximum absolute atomic E-state index is 13.0. The van der Waals surface area contributed by atoms with E-state index in [1.807, 2.05) is 0 Å². The van der Waals surface area contributed by atoms with Crippen molar-refractivity contribution in [3.63, 3.8) is 0 Å². The summed E-state index contributed by atoms with van der Waals surface area (Å²) in [5.74, 6) is -0.912. The molecule has 0 heterocycles. The van der Waals surface area contributed by atoms with E-state index >= 15 is 0 Å². The molecule has 0 radical (unpaired) electrons. The zero-order valence-corrected chi connectivity index (χ0v) is 19.1. The average Bonchev–Trinajstić information content (AvgIpc) is 2.72. The van der Waals surface area contributed by atoms with Gasteiger partial charge in [0.15, 0.2) is 0 Å². The fourth-order valence-electron chi connectivity index (χ4n) is 2.75. The Balaban J connectivity index is 2.27. The van der Waals surface area contributed by atoms with E-state index in [1.54, 1.807) is 31.2 Å². The molecule has 0 aliphatic heterocycles. The number of amides is 2. The van der Waals surface area contributed by atoms with Gasteiger partial charge in [-0.3, -0.25) is 9.59 Å². The van der Waals surface area contributed by atoms with E-state index in [-0.39, 0.29) is 17.3 Å². The number of rotatable bonds is 8. The first-order valence-corrected chi connectivity index (χ1v) is 11.2. The summed E-state index contributed by atoms with van der Waals surface area (Å²) in [6.07, 6.45) is 0. The number of halogens is 2. The fraction of sp³-hybridized carbons (Fsp3) is 0.300. The van der Waals surface area contributed by atoms with Gasteiger partial charge in [0, 0.05) is 30.7 Å². The van der Waals surface area contributed by atoms with Gasteiger partial charge in [-0.15, -0.1) is 0 Å². The highest BCUT2D eigenvalue weighted by Crippen LogP contribution is 2.20. The molecule has 0 bridgehead atoms. The van der Waals surface area contributed by atoms with Crippen molar-refractivity contribution in [3.8, 4) is 0 Å². The molecule has 30 heavy (non-hydrogen) atoms. The number of benzene rings is 2. The van der Waals surface area contributed by atoms with Gasteiger partial charge in [0.1, 0.15) is 6.04 Å². The quantitative estimate of drug-likeness (QED) is 0.640. The molecule has 162 valence electrons. The number of nitrogens with zero attached hydrogens (tertiary/aromatic N) is 2. The van der Waals surface area contributed by atoms with Crippen LogP contribution in [0.15, 0.2) is 53.4 Å². The summed E-state index contributed by atoms with van der Waals surface area (Å²) in [5, 5.41) is 3.35. The molecular weight excluding hydrogens is 449 g/mol. The van der Waals surface area contributed by atoms with E-state index in [0.29, 0.717) is 15.6 Å². The van der Waals surface area contributed by atoms with Gasteiger partial charge in [0.2, 0.25) is 21.8 Å². The summed E-state index contributed by atoms with van der Waals surface area (Å²) in [6, 6.07) is 11.8. The van der Waals surface area contributed by atoms with Gasteiger partial charge in [0.25, 0.3) is 0 Å². The Kier molecular flexibility index (Phi) is 8.25. The summed E-state index contributed by atoms with van der Waals surface area (Å²) in [4.78, 5) is 26.5. The Hall–Kier alpha value is -2.13. The van der Waals surface area contributed by atoms with Crippen LogP contribution < -0.4 is 5.32 Å². The molecular formula is C20H23Cl2N3O4S. The minimum absolute atomic E-state index is 0.0132. The van der Waals surface area contributed by atoms with E-state index in [9.17, 15) is 18.0 Å². The number of carbonyl (C=O) groups excluding carboxylic acids is 2. The second-order valence-electron chi connectivity index (χ2n) is 6.62. The lowest BCUT2D eigenvalue weighted by atomic mass is 10.1. The second kappa shape index (κ2) is 10.3. The molecule has 0 aliphatic rings. The van der Waals surface area contributed by atoms with Gasteiger partial charge < -0.3 is 10.2 Å². The number of likely N-dealkylation sites (N-methyl/N-ethyl adjacent to an activating group) is 2. The molecule has 7 nitrogen and oxygen atoms in total. The molecule has 2 amide bonds. The van der Waals surface area contributed by atoms with Crippen molar-refractivity contribution < 1.29 is 18.0 Å². The standard InChI is InChI=1S/C20H23Cl2N3O4S/c1-14(20(27)23-2)25(12-15-6-4-5-7-18(15)22)19(26)13-24(3)30(28,29)17-10-8-16(21)9-11-17/h4-11,14H,12-13H2,1-3H3,(H,23,27)/t14-/m0/s1. The largest absolute Gasteiger partial charge is 0.357 e. The van der Waals surface area contributed by atoms with Crippen LogP contribution in [0.3, 0.4) is 0 Å². The van der Waals surface area contributed by atoms with E-state index in [2.05, 4.69) is 5.32 Å². The van der Waals surface area contributed by atoms with Crippen molar-refractivity contribution in [3.05, 3.63) is 64.1 Å². The normalized spacial score (nSPS) is 12.5. The fourth-order valence-corrected chi connectivity index (χ4v) is 4.20. The van der Waals surface area contributed by atoms with Crippen LogP contribution in [0.1, 0.15) is 12.5 Å². The number of hydrogen-bond donors (Lipinski definition) is 1. The average molecular weight is 472 g/mol. The predicted molar refractivity (Wildman–Crippen MR) is 117 cm³/mol. The lowest BCUT2D eigenvalue weighted by Gasteiger charge is -2.30. The van der Waals surface area contributed by atoms with Gasteiger partial charge in [0.05, 0.1) is 11.4 Å². The minimum atomic E-state index is -3.92. The summed E-state index contributed by atoms with van der Waals surface area (Å²) < 4.78 is 26.5. The maximum Gasteiger partial charge on any atom is 0.243 e. The van der Waals surface area contributed by atoms with E-state index < -0.39 is 28.5 Å². The topological polar surface area (TPSA) is 86.8 Å². The Morgan fingerprint density at radius 2 is 1.67 bits per heavy atom. The zero-order chi connectivity index (χ0) is 22.5. The third-order valence-corrected chi connectivity index (χ3v) is 7.03. The van der Waals surface area contributed by atoms with Crippen LogP contribution in [0.25, 0.3) is 0 Å². The van der Waals surface area contributed by atoms with E-state index in [0.717, 1.165) is 4.31 Å². The van der Waals surface area contributed by atoms with Gasteiger partial charge in [-0.25, -0.2) is 8.42 Å². The van der Waals surface area contributed by atoms with Crippen molar-refractivity contribution in [2.45, 2.75) is 24.4 Å². The first-order valence-electron chi connectivity index (χ1n) is 9.04. The number of sulfonamides is 1. The van der Waals surface area contributed by atoms with Crippen LogP contribution in [0.2, 0.25) is 10.0 Å². The lowest BCUT2D eigenvalue weighted by Crippen LogP contribution is -2.50. The molecule has 10 heteroatoms. The number of carbonyl (C=O) groups is 2. The Labute approximate surface area is 186 Å². The molecule has 1 atom stereocenters. The van der Waals surface area contributed by atoms with E-state index in [4.69, 9.17) is 23.2 Å². The Bertz CT molecular complexity index is 1010. The van der Waals surface area contributed by atoms with Gasteiger partial charge in [-0.1, -0.05) is 41.4 Å². The predicted octanol–water partition coefficient (Wildman–Crippen LogP) is 2.78.